The Morgan fingerprint density at radius 3 is 2.87 bits per heavy atom. The van der Waals surface area contributed by atoms with Crippen LogP contribution in [0.2, 0.25) is 0 Å². The number of thiazole rings is 1. The summed E-state index contributed by atoms with van der Waals surface area (Å²) in [5.74, 6) is 0.0306. The van der Waals surface area contributed by atoms with Gasteiger partial charge in [0.15, 0.2) is 0 Å². The number of aryl methyl sites for hydroxylation is 1. The van der Waals surface area contributed by atoms with Crippen LogP contribution in [-0.2, 0) is 6.54 Å². The number of hydrogen-bond acceptors (Lipinski definition) is 5. The Balaban J connectivity index is 1.70. The predicted octanol–water partition coefficient (Wildman–Crippen LogP) is 2.98. The lowest BCUT2D eigenvalue weighted by Crippen LogP contribution is -2.22. The van der Waals surface area contributed by atoms with Gasteiger partial charge in [0.25, 0.3) is 5.91 Å². The molecule has 0 radical (unpaired) electrons. The number of rotatable bonds is 4. The van der Waals surface area contributed by atoms with E-state index in [9.17, 15) is 9.18 Å². The van der Waals surface area contributed by atoms with Crippen molar-refractivity contribution in [2.45, 2.75) is 13.5 Å². The second-order valence-corrected chi connectivity index (χ2v) is 5.82. The largest absolute Gasteiger partial charge is 0.346 e. The summed E-state index contributed by atoms with van der Waals surface area (Å²) < 4.78 is 13.7. The molecule has 1 aromatic carbocycles. The lowest BCUT2D eigenvalue weighted by Gasteiger charge is -2.03. The topological polar surface area (TPSA) is 67.8 Å². The first-order valence-electron chi connectivity index (χ1n) is 6.91. The number of nitrogens with zero attached hydrogens (tertiary/aromatic N) is 3. The minimum atomic E-state index is -0.356. The summed E-state index contributed by atoms with van der Waals surface area (Å²) in [5.41, 5.74) is 1.12. The number of benzene rings is 1. The molecular formula is C16H13FN4OS. The summed E-state index contributed by atoms with van der Waals surface area (Å²) in [6, 6.07) is 8.10. The van der Waals surface area contributed by atoms with Crippen molar-refractivity contribution >= 4 is 17.2 Å². The van der Waals surface area contributed by atoms with Crippen molar-refractivity contribution in [3.8, 4) is 10.6 Å². The zero-order valence-corrected chi connectivity index (χ0v) is 13.1. The number of amides is 1. The van der Waals surface area contributed by atoms with Gasteiger partial charge in [-0.1, -0.05) is 12.1 Å². The van der Waals surface area contributed by atoms with Gasteiger partial charge in [-0.3, -0.25) is 4.79 Å². The van der Waals surface area contributed by atoms with Crippen molar-refractivity contribution in [2.24, 2.45) is 0 Å². The maximum absolute atomic E-state index is 13.7. The predicted molar refractivity (Wildman–Crippen MR) is 85.4 cm³/mol. The van der Waals surface area contributed by atoms with Gasteiger partial charge in [-0.2, -0.15) is 0 Å². The minimum Gasteiger partial charge on any atom is -0.346 e. The van der Waals surface area contributed by atoms with Crippen LogP contribution in [0.1, 0.15) is 21.2 Å². The molecule has 0 bridgehead atoms. The normalized spacial score (nSPS) is 10.5. The van der Waals surface area contributed by atoms with Gasteiger partial charge in [0.2, 0.25) is 0 Å². The van der Waals surface area contributed by atoms with Crippen LogP contribution in [-0.4, -0.2) is 20.9 Å². The van der Waals surface area contributed by atoms with Crippen LogP contribution in [0.4, 0.5) is 4.39 Å². The second-order valence-electron chi connectivity index (χ2n) is 4.79. The fourth-order valence-electron chi connectivity index (χ4n) is 2.00. The summed E-state index contributed by atoms with van der Waals surface area (Å²) >= 11 is 1.15. The molecule has 2 heterocycles. The van der Waals surface area contributed by atoms with Crippen LogP contribution < -0.4 is 5.32 Å². The molecular weight excluding hydrogens is 315 g/mol. The molecule has 1 amide bonds. The Hall–Kier alpha value is -2.67. The van der Waals surface area contributed by atoms with Crippen LogP contribution in [0.15, 0.2) is 42.7 Å². The highest BCUT2D eigenvalue weighted by molar-refractivity contribution is 7.16. The Morgan fingerprint density at radius 2 is 2.09 bits per heavy atom. The maximum Gasteiger partial charge on any atom is 0.263 e. The van der Waals surface area contributed by atoms with Crippen molar-refractivity contribution in [1.29, 1.82) is 0 Å². The van der Waals surface area contributed by atoms with Crippen molar-refractivity contribution in [2.75, 3.05) is 0 Å². The molecule has 2 aromatic heterocycles. The average molecular weight is 328 g/mol. The van der Waals surface area contributed by atoms with Crippen LogP contribution >= 0.6 is 11.3 Å². The lowest BCUT2D eigenvalue weighted by atomic mass is 10.2. The van der Waals surface area contributed by atoms with E-state index in [2.05, 4.69) is 20.3 Å². The molecule has 5 nitrogen and oxygen atoms in total. The highest BCUT2D eigenvalue weighted by Crippen LogP contribution is 2.27. The zero-order chi connectivity index (χ0) is 16.2. The van der Waals surface area contributed by atoms with Gasteiger partial charge in [0, 0.05) is 11.8 Å². The molecule has 0 spiro atoms. The summed E-state index contributed by atoms with van der Waals surface area (Å²) in [4.78, 5) is 24.9. The Bertz CT molecular complexity index is 849. The third kappa shape index (κ3) is 3.57. The van der Waals surface area contributed by atoms with Gasteiger partial charge in [-0.25, -0.2) is 19.3 Å². The van der Waals surface area contributed by atoms with Crippen molar-refractivity contribution in [3.05, 3.63) is 64.9 Å². The summed E-state index contributed by atoms with van der Waals surface area (Å²) in [7, 11) is 0. The number of hydrogen-bond donors (Lipinski definition) is 1. The standard InChI is InChI=1S/C16H13FN4OS/c1-10-18-7-6-11(21-10)8-19-15(22)14-9-20-16(23-14)12-4-2-3-5-13(12)17/h2-7,9H,8H2,1H3,(H,19,22). The Morgan fingerprint density at radius 1 is 1.26 bits per heavy atom. The van der Waals surface area contributed by atoms with E-state index in [0.717, 1.165) is 17.0 Å². The summed E-state index contributed by atoms with van der Waals surface area (Å²) in [5, 5.41) is 3.25. The van der Waals surface area contributed by atoms with Crippen molar-refractivity contribution < 1.29 is 9.18 Å². The number of carbonyl (C=O) groups is 1. The highest BCUT2D eigenvalue weighted by atomic mass is 32.1. The smallest absolute Gasteiger partial charge is 0.263 e. The first-order chi connectivity index (χ1) is 11.1. The van der Waals surface area contributed by atoms with E-state index in [0.29, 0.717) is 27.8 Å². The zero-order valence-electron chi connectivity index (χ0n) is 12.3. The van der Waals surface area contributed by atoms with Crippen LogP contribution in [0.3, 0.4) is 0 Å². The average Bonchev–Trinajstić information content (AvgIpc) is 3.03. The summed E-state index contributed by atoms with van der Waals surface area (Å²) in [6.07, 6.45) is 3.10. The molecule has 3 aromatic rings. The van der Waals surface area contributed by atoms with Gasteiger partial charge >= 0.3 is 0 Å². The highest BCUT2D eigenvalue weighted by Gasteiger charge is 2.13. The van der Waals surface area contributed by atoms with Crippen molar-refractivity contribution in [1.82, 2.24) is 20.3 Å². The number of nitrogens with one attached hydrogen (secondary N) is 1. The molecule has 0 unspecified atom stereocenters. The lowest BCUT2D eigenvalue weighted by molar-refractivity contribution is 0.0954. The molecule has 1 N–H and O–H groups in total. The molecule has 0 fully saturated rings. The fraction of sp³-hybridized carbons (Fsp3) is 0.125. The maximum atomic E-state index is 13.7. The fourth-order valence-corrected chi connectivity index (χ4v) is 2.86. The molecule has 7 heteroatoms. The van der Waals surface area contributed by atoms with Gasteiger partial charge in [-0.15, -0.1) is 11.3 Å². The van der Waals surface area contributed by atoms with E-state index in [4.69, 9.17) is 0 Å². The van der Waals surface area contributed by atoms with E-state index in [1.54, 1.807) is 37.4 Å². The first kappa shape index (κ1) is 15.2. The Kier molecular flexibility index (Phi) is 4.38. The molecule has 0 aliphatic rings. The van der Waals surface area contributed by atoms with Crippen LogP contribution in [0, 0.1) is 12.7 Å². The molecule has 0 atom stereocenters. The molecule has 0 aliphatic heterocycles. The molecule has 0 saturated heterocycles. The molecule has 0 aliphatic carbocycles. The second kappa shape index (κ2) is 6.62. The van der Waals surface area contributed by atoms with Crippen molar-refractivity contribution in [3.63, 3.8) is 0 Å². The van der Waals surface area contributed by atoms with Gasteiger partial charge in [-0.05, 0) is 25.1 Å². The van der Waals surface area contributed by atoms with Gasteiger partial charge in [0.1, 0.15) is 21.5 Å². The SMILES string of the molecule is Cc1nccc(CNC(=O)c2cnc(-c3ccccc3F)s2)n1. The monoisotopic (exact) mass is 328 g/mol. The van der Waals surface area contributed by atoms with Crippen LogP contribution in [0.25, 0.3) is 10.6 Å². The number of aromatic nitrogens is 3. The van der Waals surface area contributed by atoms with E-state index in [-0.39, 0.29) is 11.7 Å². The van der Waals surface area contributed by atoms with E-state index >= 15 is 0 Å². The minimum absolute atomic E-state index is 0.263. The van der Waals surface area contributed by atoms with Crippen LogP contribution in [0.5, 0.6) is 0 Å². The van der Waals surface area contributed by atoms with Gasteiger partial charge < -0.3 is 5.32 Å². The van der Waals surface area contributed by atoms with Gasteiger partial charge in [0.05, 0.1) is 18.4 Å². The molecule has 116 valence electrons. The van der Waals surface area contributed by atoms with E-state index in [1.807, 2.05) is 0 Å². The third-order valence-electron chi connectivity index (χ3n) is 3.10. The molecule has 23 heavy (non-hydrogen) atoms. The van der Waals surface area contributed by atoms with E-state index in [1.165, 1.54) is 12.3 Å². The van der Waals surface area contributed by atoms with E-state index < -0.39 is 0 Å². The third-order valence-corrected chi connectivity index (χ3v) is 4.13. The molecule has 3 rings (SSSR count). The molecule has 0 saturated carbocycles. The quantitative estimate of drug-likeness (QED) is 0.799. The number of carbonyl (C=O) groups excluding carboxylic acids is 1. The Labute approximate surface area is 136 Å². The summed E-state index contributed by atoms with van der Waals surface area (Å²) in [6.45, 7) is 2.09. The number of halogens is 1. The first-order valence-corrected chi connectivity index (χ1v) is 7.72.